The summed E-state index contributed by atoms with van der Waals surface area (Å²) in [5.41, 5.74) is 1.11. The molecule has 1 aromatic heterocycles. The van der Waals surface area contributed by atoms with Crippen molar-refractivity contribution < 1.29 is 14.0 Å². The van der Waals surface area contributed by atoms with Crippen molar-refractivity contribution in [2.24, 2.45) is 0 Å². The number of amides is 1. The van der Waals surface area contributed by atoms with Crippen LogP contribution in [-0.4, -0.2) is 18.7 Å². The van der Waals surface area contributed by atoms with Gasteiger partial charge in [0.2, 0.25) is 5.91 Å². The molecular weight excluding hydrogens is 206 g/mol. The maximum atomic E-state index is 11.8. The second-order valence-corrected chi connectivity index (χ2v) is 3.42. The fourth-order valence-corrected chi connectivity index (χ4v) is 1.52. The number of ketones is 1. The van der Waals surface area contributed by atoms with Crippen molar-refractivity contribution >= 4 is 22.7 Å². The lowest BCUT2D eigenvalue weighted by Crippen LogP contribution is -2.21. The smallest absolute Gasteiger partial charge is 0.227 e. The number of hydrogen-bond donors (Lipinski definition) is 1. The highest BCUT2D eigenvalue weighted by Gasteiger charge is 2.15. The van der Waals surface area contributed by atoms with Crippen molar-refractivity contribution in [1.82, 2.24) is 5.32 Å². The van der Waals surface area contributed by atoms with Gasteiger partial charge in [-0.05, 0) is 6.07 Å². The third-order valence-electron chi connectivity index (χ3n) is 2.38. The molecule has 0 unspecified atom stereocenters. The molecule has 0 aliphatic rings. The molecule has 0 saturated heterocycles. The summed E-state index contributed by atoms with van der Waals surface area (Å²) in [5, 5.41) is 3.16. The molecule has 1 N–H and O–H groups in total. The average molecular weight is 217 g/mol. The summed E-state index contributed by atoms with van der Waals surface area (Å²) in [6.07, 6.45) is 1.25. The summed E-state index contributed by atoms with van der Waals surface area (Å²) in [4.78, 5) is 22.9. The predicted molar refractivity (Wildman–Crippen MR) is 59.2 cm³/mol. The zero-order valence-corrected chi connectivity index (χ0v) is 8.82. The van der Waals surface area contributed by atoms with Gasteiger partial charge in [-0.3, -0.25) is 9.59 Å². The zero-order valence-electron chi connectivity index (χ0n) is 8.82. The topological polar surface area (TPSA) is 59.3 Å². The van der Waals surface area contributed by atoms with Gasteiger partial charge in [0, 0.05) is 12.4 Å². The lowest BCUT2D eigenvalue weighted by atomic mass is 10.1. The lowest BCUT2D eigenvalue weighted by molar-refractivity contribution is -0.119. The molecule has 0 atom stereocenters. The molecule has 4 heteroatoms. The first kappa shape index (κ1) is 10.4. The number of Topliss-reactive ketones (excluding diaryl/α,β-unsaturated/α-hetero) is 1. The van der Waals surface area contributed by atoms with Crippen LogP contribution in [0.2, 0.25) is 0 Å². The van der Waals surface area contributed by atoms with Gasteiger partial charge in [-0.25, -0.2) is 0 Å². The largest absolute Gasteiger partial charge is 0.464 e. The van der Waals surface area contributed by atoms with E-state index in [0.29, 0.717) is 11.1 Å². The fraction of sp³-hybridized carbons (Fsp3) is 0.167. The Morgan fingerprint density at radius 3 is 2.81 bits per heavy atom. The lowest BCUT2D eigenvalue weighted by Gasteiger charge is -1.97. The molecule has 1 heterocycles. The Morgan fingerprint density at radius 1 is 1.31 bits per heavy atom. The molecule has 0 radical (unpaired) electrons. The zero-order chi connectivity index (χ0) is 11.5. The van der Waals surface area contributed by atoms with Gasteiger partial charge >= 0.3 is 0 Å². The van der Waals surface area contributed by atoms with Gasteiger partial charge in [-0.1, -0.05) is 18.2 Å². The van der Waals surface area contributed by atoms with Crippen LogP contribution in [0.5, 0.6) is 0 Å². The van der Waals surface area contributed by atoms with Crippen molar-refractivity contribution in [2.75, 3.05) is 7.05 Å². The summed E-state index contributed by atoms with van der Waals surface area (Å²) in [6, 6.07) is 7.25. The molecule has 0 aliphatic heterocycles. The van der Waals surface area contributed by atoms with Crippen LogP contribution in [0.3, 0.4) is 0 Å². The maximum absolute atomic E-state index is 11.8. The van der Waals surface area contributed by atoms with Crippen LogP contribution in [0.1, 0.15) is 16.8 Å². The van der Waals surface area contributed by atoms with Gasteiger partial charge in [-0.15, -0.1) is 0 Å². The molecule has 0 aliphatic carbocycles. The van der Waals surface area contributed by atoms with E-state index in [4.69, 9.17) is 4.42 Å². The first-order valence-corrected chi connectivity index (χ1v) is 4.92. The highest BCUT2D eigenvalue weighted by molar-refractivity contribution is 6.13. The monoisotopic (exact) mass is 217 g/mol. The fourth-order valence-electron chi connectivity index (χ4n) is 1.52. The highest BCUT2D eigenvalue weighted by Crippen LogP contribution is 2.21. The van der Waals surface area contributed by atoms with Crippen LogP contribution in [0, 0.1) is 0 Å². The van der Waals surface area contributed by atoms with Crippen molar-refractivity contribution in [3.05, 3.63) is 36.1 Å². The molecule has 2 aromatic rings. The van der Waals surface area contributed by atoms with E-state index in [1.54, 1.807) is 12.1 Å². The number of carbonyl (C=O) groups is 2. The Hall–Kier alpha value is -2.10. The van der Waals surface area contributed by atoms with E-state index in [0.717, 1.165) is 5.39 Å². The molecule has 16 heavy (non-hydrogen) atoms. The molecule has 0 saturated carbocycles. The van der Waals surface area contributed by atoms with Crippen LogP contribution < -0.4 is 5.32 Å². The van der Waals surface area contributed by atoms with E-state index in [2.05, 4.69) is 5.32 Å². The quantitative estimate of drug-likeness (QED) is 0.629. The minimum atomic E-state index is -0.296. The minimum Gasteiger partial charge on any atom is -0.464 e. The van der Waals surface area contributed by atoms with E-state index in [9.17, 15) is 9.59 Å². The molecule has 0 bridgehead atoms. The summed E-state index contributed by atoms with van der Waals surface area (Å²) in [6.45, 7) is 0. The van der Waals surface area contributed by atoms with E-state index >= 15 is 0 Å². The Balaban J connectivity index is 2.33. The number of carbonyl (C=O) groups excluding carboxylic acids is 2. The van der Waals surface area contributed by atoms with Gasteiger partial charge in [-0.2, -0.15) is 0 Å². The number of para-hydroxylation sites is 1. The number of fused-ring (bicyclic) bond motifs is 1. The number of hydrogen-bond acceptors (Lipinski definition) is 3. The molecule has 0 spiro atoms. The van der Waals surface area contributed by atoms with E-state index < -0.39 is 0 Å². The molecule has 0 fully saturated rings. The SMILES string of the molecule is CNC(=O)CC(=O)c1coc2ccccc12. The first-order chi connectivity index (χ1) is 7.72. The molecular formula is C12H11NO3. The number of benzene rings is 1. The third-order valence-corrected chi connectivity index (χ3v) is 2.38. The van der Waals surface area contributed by atoms with Crippen molar-refractivity contribution in [3.63, 3.8) is 0 Å². The molecule has 1 aromatic carbocycles. The summed E-state index contributed by atoms with van der Waals surface area (Å²) < 4.78 is 5.23. The normalized spacial score (nSPS) is 10.3. The predicted octanol–water partition coefficient (Wildman–Crippen LogP) is 1.75. The van der Waals surface area contributed by atoms with E-state index in [1.165, 1.54) is 13.3 Å². The summed E-state index contributed by atoms with van der Waals surface area (Å²) in [7, 11) is 1.50. The number of rotatable bonds is 3. The van der Waals surface area contributed by atoms with Crippen LogP contribution >= 0.6 is 0 Å². The molecule has 2 rings (SSSR count). The Labute approximate surface area is 92.2 Å². The van der Waals surface area contributed by atoms with Gasteiger partial charge in [0.15, 0.2) is 5.78 Å². The standard InChI is InChI=1S/C12H11NO3/c1-13-12(15)6-10(14)9-7-16-11-5-3-2-4-8(9)11/h2-5,7H,6H2,1H3,(H,13,15). The molecule has 1 amide bonds. The highest BCUT2D eigenvalue weighted by atomic mass is 16.3. The van der Waals surface area contributed by atoms with Crippen molar-refractivity contribution in [1.29, 1.82) is 0 Å². The third kappa shape index (κ3) is 1.82. The summed E-state index contributed by atoms with van der Waals surface area (Å²) in [5.74, 6) is -0.528. The molecule has 4 nitrogen and oxygen atoms in total. The average Bonchev–Trinajstić information content (AvgIpc) is 2.72. The second kappa shape index (κ2) is 4.18. The minimum absolute atomic E-state index is 0.153. The Morgan fingerprint density at radius 2 is 2.06 bits per heavy atom. The van der Waals surface area contributed by atoms with Crippen molar-refractivity contribution in [2.45, 2.75) is 6.42 Å². The van der Waals surface area contributed by atoms with E-state index in [-0.39, 0.29) is 18.1 Å². The van der Waals surface area contributed by atoms with Gasteiger partial charge in [0.1, 0.15) is 11.8 Å². The Bertz CT molecular complexity index is 542. The summed E-state index contributed by atoms with van der Waals surface area (Å²) >= 11 is 0. The maximum Gasteiger partial charge on any atom is 0.227 e. The van der Waals surface area contributed by atoms with Crippen LogP contribution in [-0.2, 0) is 4.79 Å². The number of nitrogens with one attached hydrogen (secondary N) is 1. The second-order valence-electron chi connectivity index (χ2n) is 3.42. The van der Waals surface area contributed by atoms with Gasteiger partial charge in [0.05, 0.1) is 12.0 Å². The molecule has 82 valence electrons. The van der Waals surface area contributed by atoms with Crippen LogP contribution in [0.25, 0.3) is 11.0 Å². The van der Waals surface area contributed by atoms with Gasteiger partial charge < -0.3 is 9.73 Å². The van der Waals surface area contributed by atoms with Crippen molar-refractivity contribution in [3.8, 4) is 0 Å². The Kier molecular flexibility index (Phi) is 2.72. The van der Waals surface area contributed by atoms with Crippen LogP contribution in [0.4, 0.5) is 0 Å². The first-order valence-electron chi connectivity index (χ1n) is 4.92. The number of furan rings is 1. The van der Waals surface area contributed by atoms with E-state index in [1.807, 2.05) is 12.1 Å². The van der Waals surface area contributed by atoms with Crippen LogP contribution in [0.15, 0.2) is 34.9 Å². The van der Waals surface area contributed by atoms with Gasteiger partial charge in [0.25, 0.3) is 0 Å².